The minimum atomic E-state index is -0.481. The van der Waals surface area contributed by atoms with Crippen LogP contribution in [0.2, 0.25) is 0 Å². The first-order valence-electron chi connectivity index (χ1n) is 8.36. The number of ether oxygens (including phenoxy) is 2. The molecule has 0 bridgehead atoms. The highest BCUT2D eigenvalue weighted by Gasteiger charge is 2.23. The fourth-order valence-corrected chi connectivity index (χ4v) is 4.07. The van der Waals surface area contributed by atoms with Gasteiger partial charge >= 0.3 is 5.97 Å². The predicted molar refractivity (Wildman–Crippen MR) is 98.9 cm³/mol. The van der Waals surface area contributed by atoms with Gasteiger partial charge in [0.2, 0.25) is 0 Å². The third-order valence-electron chi connectivity index (χ3n) is 3.61. The van der Waals surface area contributed by atoms with Gasteiger partial charge in [-0.3, -0.25) is 9.36 Å². The van der Waals surface area contributed by atoms with Gasteiger partial charge in [-0.1, -0.05) is 17.8 Å². The Balaban J connectivity index is 1.75. The Morgan fingerprint density at radius 2 is 2.32 bits per heavy atom. The molecule has 0 N–H and O–H groups in total. The van der Waals surface area contributed by atoms with Crippen molar-refractivity contribution in [3.8, 4) is 10.7 Å². The van der Waals surface area contributed by atoms with Gasteiger partial charge in [-0.05, 0) is 45.1 Å². The molecule has 1 atom stereocenters. The molecule has 1 aliphatic rings. The number of rotatable bonds is 6. The number of thioether (sulfide) groups is 1. The van der Waals surface area contributed by atoms with Gasteiger partial charge < -0.3 is 9.47 Å². The van der Waals surface area contributed by atoms with Crippen molar-refractivity contribution in [3.63, 3.8) is 0 Å². The van der Waals surface area contributed by atoms with Crippen molar-refractivity contribution >= 4 is 29.1 Å². The molecule has 3 heterocycles. The molecular formula is C17H23N3O3S2. The SMILES string of the molecule is CC(C)(C)OC(=O)CSc1nnc(-c2cccs2)n1CC1CCCO1. The lowest BCUT2D eigenvalue weighted by Crippen LogP contribution is -2.25. The van der Waals surface area contributed by atoms with Crippen molar-refractivity contribution in [1.82, 2.24) is 14.8 Å². The number of hydrogen-bond acceptors (Lipinski definition) is 7. The largest absolute Gasteiger partial charge is 0.459 e. The van der Waals surface area contributed by atoms with Crippen LogP contribution in [-0.2, 0) is 20.8 Å². The third kappa shape index (κ3) is 5.05. The normalized spacial score (nSPS) is 17.8. The lowest BCUT2D eigenvalue weighted by Gasteiger charge is -2.19. The van der Waals surface area contributed by atoms with E-state index in [0.29, 0.717) is 6.54 Å². The zero-order valence-corrected chi connectivity index (χ0v) is 16.4. The Morgan fingerprint density at radius 1 is 1.48 bits per heavy atom. The third-order valence-corrected chi connectivity index (χ3v) is 5.41. The lowest BCUT2D eigenvalue weighted by atomic mass is 10.2. The van der Waals surface area contributed by atoms with E-state index in [0.717, 1.165) is 35.3 Å². The first-order valence-corrected chi connectivity index (χ1v) is 10.2. The summed E-state index contributed by atoms with van der Waals surface area (Å²) in [6.45, 7) is 7.11. The van der Waals surface area contributed by atoms with Gasteiger partial charge in [0.15, 0.2) is 11.0 Å². The van der Waals surface area contributed by atoms with Crippen LogP contribution < -0.4 is 0 Å². The maximum absolute atomic E-state index is 12.0. The molecule has 0 aromatic carbocycles. The van der Waals surface area contributed by atoms with Crippen LogP contribution in [-0.4, -0.2) is 44.8 Å². The molecule has 0 saturated carbocycles. The van der Waals surface area contributed by atoms with E-state index in [1.54, 1.807) is 11.3 Å². The van der Waals surface area contributed by atoms with Crippen LogP contribution in [0, 0.1) is 0 Å². The summed E-state index contributed by atoms with van der Waals surface area (Å²) in [6.07, 6.45) is 2.30. The van der Waals surface area contributed by atoms with Crippen LogP contribution in [0.4, 0.5) is 0 Å². The van der Waals surface area contributed by atoms with Gasteiger partial charge in [-0.25, -0.2) is 0 Å². The fourth-order valence-electron chi connectivity index (χ4n) is 2.63. The van der Waals surface area contributed by atoms with Crippen molar-refractivity contribution < 1.29 is 14.3 Å². The molecule has 0 spiro atoms. The molecule has 2 aromatic rings. The van der Waals surface area contributed by atoms with Gasteiger partial charge in [0.1, 0.15) is 5.60 Å². The average molecular weight is 382 g/mol. The molecular weight excluding hydrogens is 358 g/mol. The molecule has 0 radical (unpaired) electrons. The molecule has 1 saturated heterocycles. The topological polar surface area (TPSA) is 66.2 Å². The second kappa shape index (κ2) is 7.88. The smallest absolute Gasteiger partial charge is 0.316 e. The summed E-state index contributed by atoms with van der Waals surface area (Å²) in [5.74, 6) is 0.796. The van der Waals surface area contributed by atoms with E-state index < -0.39 is 5.60 Å². The molecule has 8 heteroatoms. The van der Waals surface area contributed by atoms with Crippen LogP contribution in [0.25, 0.3) is 10.7 Å². The van der Waals surface area contributed by atoms with Crippen LogP contribution in [0.5, 0.6) is 0 Å². The minimum Gasteiger partial charge on any atom is -0.459 e. The quantitative estimate of drug-likeness (QED) is 0.562. The standard InChI is InChI=1S/C17H23N3O3S2/c1-17(2,3)23-14(21)11-25-16-19-18-15(13-7-5-9-24-13)20(16)10-12-6-4-8-22-12/h5,7,9,12H,4,6,8,10-11H2,1-3H3. The summed E-state index contributed by atoms with van der Waals surface area (Å²) >= 11 is 2.99. The summed E-state index contributed by atoms with van der Waals surface area (Å²) in [5.41, 5.74) is -0.481. The number of nitrogens with zero attached hydrogens (tertiary/aromatic N) is 3. The van der Waals surface area contributed by atoms with Crippen LogP contribution in [0.1, 0.15) is 33.6 Å². The molecule has 1 fully saturated rings. The zero-order valence-electron chi connectivity index (χ0n) is 14.7. The molecule has 1 unspecified atom stereocenters. The van der Waals surface area contributed by atoms with Crippen molar-refractivity contribution in [2.45, 2.75) is 57.0 Å². The van der Waals surface area contributed by atoms with Crippen molar-refractivity contribution in [2.75, 3.05) is 12.4 Å². The van der Waals surface area contributed by atoms with E-state index in [1.807, 2.05) is 38.3 Å². The Morgan fingerprint density at radius 3 is 2.96 bits per heavy atom. The zero-order chi connectivity index (χ0) is 17.9. The highest BCUT2D eigenvalue weighted by Crippen LogP contribution is 2.29. The summed E-state index contributed by atoms with van der Waals surface area (Å²) in [5, 5.41) is 11.4. The van der Waals surface area contributed by atoms with E-state index in [-0.39, 0.29) is 17.8 Å². The molecule has 2 aromatic heterocycles. The van der Waals surface area contributed by atoms with E-state index in [4.69, 9.17) is 9.47 Å². The number of carbonyl (C=O) groups is 1. The fraction of sp³-hybridized carbons (Fsp3) is 0.588. The van der Waals surface area contributed by atoms with Gasteiger partial charge in [-0.2, -0.15) is 0 Å². The van der Waals surface area contributed by atoms with E-state index in [2.05, 4.69) is 14.8 Å². The van der Waals surface area contributed by atoms with Crippen molar-refractivity contribution in [1.29, 1.82) is 0 Å². The highest BCUT2D eigenvalue weighted by molar-refractivity contribution is 7.99. The maximum Gasteiger partial charge on any atom is 0.316 e. The van der Waals surface area contributed by atoms with E-state index in [1.165, 1.54) is 11.8 Å². The number of thiophene rings is 1. The van der Waals surface area contributed by atoms with Crippen LogP contribution in [0.15, 0.2) is 22.7 Å². The number of aromatic nitrogens is 3. The maximum atomic E-state index is 12.0. The highest BCUT2D eigenvalue weighted by atomic mass is 32.2. The van der Waals surface area contributed by atoms with Crippen molar-refractivity contribution in [3.05, 3.63) is 17.5 Å². The van der Waals surface area contributed by atoms with Gasteiger partial charge in [0.05, 0.1) is 23.3 Å². The molecule has 136 valence electrons. The Hall–Kier alpha value is -1.38. The molecule has 1 aliphatic heterocycles. The number of esters is 1. The first-order chi connectivity index (χ1) is 11.9. The van der Waals surface area contributed by atoms with E-state index >= 15 is 0 Å². The first kappa shape index (κ1) is 18.4. The minimum absolute atomic E-state index is 0.176. The molecule has 25 heavy (non-hydrogen) atoms. The van der Waals surface area contributed by atoms with Gasteiger partial charge in [0.25, 0.3) is 0 Å². The Bertz CT molecular complexity index is 701. The predicted octanol–water partition coefficient (Wildman–Crippen LogP) is 3.62. The Labute approximate surface area is 155 Å². The number of hydrogen-bond donors (Lipinski definition) is 0. The Kier molecular flexibility index (Phi) is 5.81. The summed E-state index contributed by atoms with van der Waals surface area (Å²) in [4.78, 5) is 13.1. The molecule has 0 amide bonds. The van der Waals surface area contributed by atoms with Gasteiger partial charge in [0, 0.05) is 6.61 Å². The van der Waals surface area contributed by atoms with Crippen molar-refractivity contribution in [2.24, 2.45) is 0 Å². The monoisotopic (exact) mass is 381 g/mol. The second-order valence-corrected chi connectivity index (χ2v) is 8.79. The summed E-state index contributed by atoms with van der Waals surface area (Å²) < 4.78 is 13.2. The number of carbonyl (C=O) groups excluding carboxylic acids is 1. The lowest BCUT2D eigenvalue weighted by molar-refractivity contribution is -0.151. The summed E-state index contributed by atoms with van der Waals surface area (Å²) in [6, 6.07) is 4.03. The summed E-state index contributed by atoms with van der Waals surface area (Å²) in [7, 11) is 0. The second-order valence-electron chi connectivity index (χ2n) is 6.90. The van der Waals surface area contributed by atoms with E-state index in [9.17, 15) is 4.79 Å². The van der Waals surface area contributed by atoms with Crippen LogP contribution in [0.3, 0.4) is 0 Å². The van der Waals surface area contributed by atoms with Gasteiger partial charge in [-0.15, -0.1) is 21.5 Å². The molecule has 6 nitrogen and oxygen atoms in total. The van der Waals surface area contributed by atoms with Crippen LogP contribution >= 0.6 is 23.1 Å². The molecule has 0 aliphatic carbocycles. The molecule has 3 rings (SSSR count). The average Bonchev–Trinajstić information content (AvgIpc) is 3.26.